The molecule has 0 aliphatic heterocycles. The van der Waals surface area contributed by atoms with Gasteiger partial charge in [0.15, 0.2) is 36.3 Å². The van der Waals surface area contributed by atoms with Crippen LogP contribution in [0.1, 0.15) is 25.7 Å². The van der Waals surface area contributed by atoms with Gasteiger partial charge in [-0.15, -0.1) is 0 Å². The van der Waals surface area contributed by atoms with E-state index in [1.54, 1.807) is 24.3 Å². The van der Waals surface area contributed by atoms with Crippen LogP contribution in [0.15, 0.2) is 80.4 Å². The molecule has 43 heavy (non-hydrogen) atoms. The zero-order chi connectivity index (χ0) is 31.2. The molecule has 2 aromatic rings. The van der Waals surface area contributed by atoms with Crippen LogP contribution < -0.4 is 23.7 Å². The molecule has 11 nitrogen and oxygen atoms in total. The van der Waals surface area contributed by atoms with E-state index in [1.807, 2.05) is 0 Å². The normalized spacial score (nSPS) is 15.6. The molecule has 11 heteroatoms. The maximum Gasteiger partial charge on any atom is 0.333 e. The van der Waals surface area contributed by atoms with Crippen molar-refractivity contribution in [3.63, 3.8) is 0 Å². The van der Waals surface area contributed by atoms with E-state index >= 15 is 0 Å². The van der Waals surface area contributed by atoms with E-state index in [2.05, 4.69) is 19.7 Å². The molecule has 1 saturated carbocycles. The molecule has 0 atom stereocenters. The van der Waals surface area contributed by atoms with Crippen LogP contribution in [0.5, 0.6) is 28.7 Å². The molecular weight excluding hydrogens is 560 g/mol. The van der Waals surface area contributed by atoms with Crippen molar-refractivity contribution < 1.29 is 52.4 Å². The van der Waals surface area contributed by atoms with Gasteiger partial charge in [-0.1, -0.05) is 19.7 Å². The summed E-state index contributed by atoms with van der Waals surface area (Å²) < 4.78 is 32.0. The summed E-state index contributed by atoms with van der Waals surface area (Å²) in [7, 11) is 0. The van der Waals surface area contributed by atoms with Gasteiger partial charge >= 0.3 is 17.9 Å². The fourth-order valence-corrected chi connectivity index (χ4v) is 3.98. The minimum absolute atomic E-state index is 0.111. The average Bonchev–Trinajstić information content (AvgIpc) is 3.03. The maximum atomic E-state index is 12.9. The zero-order valence-corrected chi connectivity index (χ0v) is 23.5. The summed E-state index contributed by atoms with van der Waals surface area (Å²) in [5.41, 5.74) is 0. The van der Waals surface area contributed by atoms with Gasteiger partial charge in [-0.3, -0.25) is 19.2 Å². The van der Waals surface area contributed by atoms with Crippen LogP contribution in [-0.2, 0) is 28.7 Å². The van der Waals surface area contributed by atoms with Crippen LogP contribution in [0, 0.1) is 11.8 Å². The minimum atomic E-state index is -0.607. The average molecular weight is 593 g/mol. The van der Waals surface area contributed by atoms with Crippen molar-refractivity contribution in [2.75, 3.05) is 20.0 Å². The second-order valence-electron chi connectivity index (χ2n) is 9.32. The molecule has 0 amide bonds. The highest BCUT2D eigenvalue weighted by molar-refractivity contribution is 5.91. The predicted octanol–water partition coefficient (Wildman–Crippen LogP) is 4.34. The van der Waals surface area contributed by atoms with Crippen LogP contribution in [-0.4, -0.2) is 49.5 Å². The lowest BCUT2D eigenvalue weighted by molar-refractivity contribution is -0.145. The summed E-state index contributed by atoms with van der Waals surface area (Å²) in [5.74, 6) is -1.80. The van der Waals surface area contributed by atoms with E-state index in [-0.39, 0.29) is 54.7 Å². The summed E-state index contributed by atoms with van der Waals surface area (Å²) >= 11 is 0. The van der Waals surface area contributed by atoms with Crippen LogP contribution in [0.4, 0.5) is 0 Å². The van der Waals surface area contributed by atoms with Crippen molar-refractivity contribution in [3.05, 3.63) is 80.4 Å². The fraction of sp³-hybridized carbons (Fsp3) is 0.281. The standard InChI is InChI=1S/C32H32O11/c1-4-23(33)18-38-28-16-15-27(17-29(28)39-19-24(34)5-2)43-32(37)22-9-7-21(8-10-22)31(36)42-26-13-11-25(12-14-26)40-20-41-30(35)6-3/h4-6,11-17,21-22H,1-3,7-10,18-20H2. The number of esters is 3. The molecule has 0 unspecified atom stereocenters. The highest BCUT2D eigenvalue weighted by Gasteiger charge is 2.32. The van der Waals surface area contributed by atoms with Gasteiger partial charge in [0.1, 0.15) is 17.2 Å². The van der Waals surface area contributed by atoms with Crippen molar-refractivity contribution in [1.82, 2.24) is 0 Å². The Balaban J connectivity index is 1.50. The number of rotatable bonds is 16. The Morgan fingerprint density at radius 3 is 1.65 bits per heavy atom. The molecule has 0 N–H and O–H groups in total. The van der Waals surface area contributed by atoms with Gasteiger partial charge in [0.25, 0.3) is 0 Å². The first-order valence-corrected chi connectivity index (χ1v) is 13.4. The third-order valence-corrected chi connectivity index (χ3v) is 6.36. The van der Waals surface area contributed by atoms with Gasteiger partial charge in [-0.2, -0.15) is 0 Å². The van der Waals surface area contributed by atoms with Gasteiger partial charge in [0, 0.05) is 12.1 Å². The second-order valence-corrected chi connectivity index (χ2v) is 9.32. The van der Waals surface area contributed by atoms with Gasteiger partial charge < -0.3 is 28.4 Å². The van der Waals surface area contributed by atoms with E-state index in [0.717, 1.165) is 18.2 Å². The minimum Gasteiger partial charge on any atom is -0.482 e. The Bertz CT molecular complexity index is 1350. The molecule has 0 bridgehead atoms. The fourth-order valence-electron chi connectivity index (χ4n) is 3.98. The topological polar surface area (TPSA) is 141 Å². The van der Waals surface area contributed by atoms with E-state index in [9.17, 15) is 24.0 Å². The number of hydrogen-bond donors (Lipinski definition) is 0. The highest BCUT2D eigenvalue weighted by Crippen LogP contribution is 2.34. The Kier molecular flexibility index (Phi) is 12.3. The van der Waals surface area contributed by atoms with Crippen LogP contribution in [0.2, 0.25) is 0 Å². The summed E-state index contributed by atoms with van der Waals surface area (Å²) in [6.45, 7) is 9.20. The Labute approximate surface area is 248 Å². The number of ether oxygens (including phenoxy) is 6. The Hall–Kier alpha value is -5.19. The molecule has 0 spiro atoms. The first-order chi connectivity index (χ1) is 20.7. The number of carbonyl (C=O) groups excluding carboxylic acids is 5. The maximum absolute atomic E-state index is 12.9. The largest absolute Gasteiger partial charge is 0.482 e. The molecule has 226 valence electrons. The molecular formula is C32H32O11. The van der Waals surface area contributed by atoms with Crippen molar-refractivity contribution in [2.24, 2.45) is 11.8 Å². The molecule has 3 rings (SSSR count). The summed E-state index contributed by atoms with van der Waals surface area (Å²) in [6.07, 6.45) is 4.99. The van der Waals surface area contributed by atoms with Crippen LogP contribution in [0.25, 0.3) is 0 Å². The molecule has 1 aliphatic rings. The quantitative estimate of drug-likeness (QED) is 0.119. The molecule has 1 fully saturated rings. The molecule has 0 aromatic heterocycles. The lowest BCUT2D eigenvalue weighted by Gasteiger charge is -2.26. The molecule has 1 aliphatic carbocycles. The van der Waals surface area contributed by atoms with Crippen molar-refractivity contribution in [3.8, 4) is 28.7 Å². The monoisotopic (exact) mass is 592 g/mol. The molecule has 0 radical (unpaired) electrons. The van der Waals surface area contributed by atoms with Crippen molar-refractivity contribution in [2.45, 2.75) is 25.7 Å². The lowest BCUT2D eigenvalue weighted by atomic mass is 9.82. The van der Waals surface area contributed by atoms with Crippen LogP contribution >= 0.6 is 0 Å². The predicted molar refractivity (Wildman–Crippen MR) is 153 cm³/mol. The van der Waals surface area contributed by atoms with Gasteiger partial charge in [0.2, 0.25) is 6.79 Å². The third-order valence-electron chi connectivity index (χ3n) is 6.36. The van der Waals surface area contributed by atoms with E-state index in [4.69, 9.17) is 28.4 Å². The van der Waals surface area contributed by atoms with Crippen molar-refractivity contribution in [1.29, 1.82) is 0 Å². The van der Waals surface area contributed by atoms with Gasteiger partial charge in [-0.05, 0) is 74.2 Å². The second kappa shape index (κ2) is 16.3. The van der Waals surface area contributed by atoms with Crippen molar-refractivity contribution >= 4 is 29.5 Å². The first kappa shape index (κ1) is 32.3. The molecule has 0 saturated heterocycles. The van der Waals surface area contributed by atoms with Crippen LogP contribution in [0.3, 0.4) is 0 Å². The van der Waals surface area contributed by atoms with E-state index in [1.165, 1.54) is 18.2 Å². The zero-order valence-electron chi connectivity index (χ0n) is 23.5. The first-order valence-electron chi connectivity index (χ1n) is 13.4. The summed E-state index contributed by atoms with van der Waals surface area (Å²) in [6, 6.07) is 10.6. The molecule has 0 heterocycles. The Morgan fingerprint density at radius 1 is 0.628 bits per heavy atom. The molecule has 2 aromatic carbocycles. The third kappa shape index (κ3) is 10.3. The smallest absolute Gasteiger partial charge is 0.333 e. The number of benzene rings is 2. The SMILES string of the molecule is C=CC(=O)COc1ccc(OC(=O)C2CCC(C(=O)Oc3ccc(OCOC(=O)C=C)cc3)CC2)cc1OCC(=O)C=C. The number of carbonyl (C=O) groups is 5. The summed E-state index contributed by atoms with van der Waals surface area (Å²) in [4.78, 5) is 59.8. The lowest BCUT2D eigenvalue weighted by Crippen LogP contribution is -2.30. The number of hydrogen-bond acceptors (Lipinski definition) is 11. The summed E-state index contributed by atoms with van der Waals surface area (Å²) in [5, 5.41) is 0. The number of ketones is 2. The Morgan fingerprint density at radius 2 is 1.12 bits per heavy atom. The van der Waals surface area contributed by atoms with Gasteiger partial charge in [-0.25, -0.2) is 4.79 Å². The highest BCUT2D eigenvalue weighted by atomic mass is 16.7. The van der Waals surface area contributed by atoms with Gasteiger partial charge in [0.05, 0.1) is 11.8 Å². The van der Waals surface area contributed by atoms with E-state index in [0.29, 0.717) is 37.2 Å². The van der Waals surface area contributed by atoms with E-state index < -0.39 is 23.8 Å².